The van der Waals surface area contributed by atoms with Gasteiger partial charge in [0.15, 0.2) is 0 Å². The Balaban J connectivity index is 1.93. The van der Waals surface area contributed by atoms with Crippen LogP contribution in [0.2, 0.25) is 0 Å². The van der Waals surface area contributed by atoms with Gasteiger partial charge in [-0.15, -0.1) is 11.6 Å². The van der Waals surface area contributed by atoms with Gasteiger partial charge in [0.1, 0.15) is 0 Å². The zero-order chi connectivity index (χ0) is 9.57. The molecule has 0 amide bonds. The Hall–Kier alpha value is 0.600. The quantitative estimate of drug-likeness (QED) is 0.500. The third kappa shape index (κ3) is 4.57. The number of hydrogen-bond acceptors (Lipinski definition) is 2. The minimum atomic E-state index is 0.598. The average Bonchev–Trinajstić information content (AvgIpc) is 2.86. The summed E-state index contributed by atoms with van der Waals surface area (Å²) in [5.41, 5.74) is 0.598. The summed E-state index contributed by atoms with van der Waals surface area (Å²) in [5.74, 6) is 2.10. The fourth-order valence-electron chi connectivity index (χ4n) is 1.59. The Morgan fingerprint density at radius 3 is 2.77 bits per heavy atom. The molecular formula is C10H20ClNS. The van der Waals surface area contributed by atoms with E-state index in [1.54, 1.807) is 0 Å². The van der Waals surface area contributed by atoms with Crippen molar-refractivity contribution in [1.29, 1.82) is 0 Å². The fourth-order valence-corrected chi connectivity index (χ4v) is 2.42. The SMILES string of the molecule is CSCCCNCC1(CCCl)CC1. The van der Waals surface area contributed by atoms with Crippen LogP contribution in [0.1, 0.15) is 25.7 Å². The maximum absolute atomic E-state index is 5.76. The van der Waals surface area contributed by atoms with Crippen molar-refractivity contribution in [1.82, 2.24) is 5.32 Å². The topological polar surface area (TPSA) is 12.0 Å². The Labute approximate surface area is 91.0 Å². The molecule has 1 saturated carbocycles. The summed E-state index contributed by atoms with van der Waals surface area (Å²) < 4.78 is 0. The molecule has 0 atom stereocenters. The molecule has 1 aliphatic rings. The van der Waals surface area contributed by atoms with Gasteiger partial charge >= 0.3 is 0 Å². The van der Waals surface area contributed by atoms with Crippen LogP contribution in [0.4, 0.5) is 0 Å². The molecule has 1 fully saturated rings. The fraction of sp³-hybridized carbons (Fsp3) is 1.00. The maximum atomic E-state index is 5.76. The van der Waals surface area contributed by atoms with Crippen LogP contribution in [0.25, 0.3) is 0 Å². The average molecular weight is 222 g/mol. The largest absolute Gasteiger partial charge is 0.316 e. The molecule has 13 heavy (non-hydrogen) atoms. The minimum Gasteiger partial charge on any atom is -0.316 e. The van der Waals surface area contributed by atoms with Gasteiger partial charge in [-0.1, -0.05) is 0 Å². The summed E-state index contributed by atoms with van der Waals surface area (Å²) >= 11 is 7.68. The predicted molar refractivity (Wildman–Crippen MR) is 62.9 cm³/mol. The monoisotopic (exact) mass is 221 g/mol. The highest BCUT2D eigenvalue weighted by Gasteiger charge is 2.40. The molecular weight excluding hydrogens is 202 g/mol. The molecule has 0 aromatic carbocycles. The van der Waals surface area contributed by atoms with Gasteiger partial charge in [0, 0.05) is 12.4 Å². The number of rotatable bonds is 8. The third-order valence-electron chi connectivity index (χ3n) is 2.78. The van der Waals surface area contributed by atoms with Crippen LogP contribution < -0.4 is 5.32 Å². The van der Waals surface area contributed by atoms with E-state index in [0.29, 0.717) is 5.41 Å². The maximum Gasteiger partial charge on any atom is 0.0229 e. The molecule has 3 heteroatoms. The van der Waals surface area contributed by atoms with Crippen molar-refractivity contribution in [3.8, 4) is 0 Å². The highest BCUT2D eigenvalue weighted by atomic mass is 35.5. The normalized spacial score (nSPS) is 18.9. The van der Waals surface area contributed by atoms with Crippen molar-refractivity contribution in [2.75, 3.05) is 31.0 Å². The lowest BCUT2D eigenvalue weighted by Gasteiger charge is -2.13. The molecule has 1 N–H and O–H groups in total. The van der Waals surface area contributed by atoms with E-state index in [2.05, 4.69) is 11.6 Å². The molecule has 0 heterocycles. The van der Waals surface area contributed by atoms with E-state index in [9.17, 15) is 0 Å². The second-order valence-electron chi connectivity index (χ2n) is 3.96. The first-order chi connectivity index (χ1) is 6.33. The summed E-state index contributed by atoms with van der Waals surface area (Å²) in [6, 6.07) is 0. The second-order valence-corrected chi connectivity index (χ2v) is 5.33. The third-order valence-corrected chi connectivity index (χ3v) is 3.67. The Kier molecular flexibility index (Phi) is 5.52. The van der Waals surface area contributed by atoms with Gasteiger partial charge in [-0.25, -0.2) is 0 Å². The van der Waals surface area contributed by atoms with E-state index in [0.717, 1.165) is 5.88 Å². The molecule has 1 rings (SSSR count). The van der Waals surface area contributed by atoms with Crippen LogP contribution >= 0.6 is 23.4 Å². The van der Waals surface area contributed by atoms with E-state index in [1.165, 1.54) is 44.5 Å². The summed E-state index contributed by atoms with van der Waals surface area (Å²) in [7, 11) is 0. The molecule has 1 aliphatic carbocycles. The van der Waals surface area contributed by atoms with Crippen LogP contribution in [0.5, 0.6) is 0 Å². The first-order valence-electron chi connectivity index (χ1n) is 5.09. The van der Waals surface area contributed by atoms with Gasteiger partial charge in [0.25, 0.3) is 0 Å². The van der Waals surface area contributed by atoms with Gasteiger partial charge in [0.2, 0.25) is 0 Å². The predicted octanol–water partition coefficient (Wildman–Crippen LogP) is 2.74. The van der Waals surface area contributed by atoms with Crippen LogP contribution in [0.15, 0.2) is 0 Å². The lowest BCUT2D eigenvalue weighted by Crippen LogP contribution is -2.25. The highest BCUT2D eigenvalue weighted by molar-refractivity contribution is 7.98. The van der Waals surface area contributed by atoms with Crippen LogP contribution in [-0.2, 0) is 0 Å². The summed E-state index contributed by atoms with van der Waals surface area (Å²) in [5, 5.41) is 3.54. The van der Waals surface area contributed by atoms with Crippen LogP contribution in [-0.4, -0.2) is 31.0 Å². The van der Waals surface area contributed by atoms with E-state index in [-0.39, 0.29) is 0 Å². The smallest absolute Gasteiger partial charge is 0.0229 e. The minimum absolute atomic E-state index is 0.598. The molecule has 0 bridgehead atoms. The first-order valence-corrected chi connectivity index (χ1v) is 7.01. The van der Waals surface area contributed by atoms with Crippen molar-refractivity contribution in [2.45, 2.75) is 25.7 Å². The van der Waals surface area contributed by atoms with Crippen molar-refractivity contribution >= 4 is 23.4 Å². The van der Waals surface area contributed by atoms with Gasteiger partial charge in [-0.05, 0) is 49.7 Å². The summed E-state index contributed by atoms with van der Waals surface area (Å²) in [6.45, 7) is 2.36. The molecule has 0 spiro atoms. The number of hydrogen-bond donors (Lipinski definition) is 1. The van der Waals surface area contributed by atoms with E-state index in [1.807, 2.05) is 11.8 Å². The van der Waals surface area contributed by atoms with Gasteiger partial charge in [-0.3, -0.25) is 0 Å². The van der Waals surface area contributed by atoms with E-state index >= 15 is 0 Å². The van der Waals surface area contributed by atoms with E-state index in [4.69, 9.17) is 11.6 Å². The number of halogens is 1. The van der Waals surface area contributed by atoms with Crippen LogP contribution in [0.3, 0.4) is 0 Å². The zero-order valence-electron chi connectivity index (χ0n) is 8.44. The molecule has 0 saturated heterocycles. The molecule has 0 aromatic heterocycles. The number of nitrogens with one attached hydrogen (secondary N) is 1. The van der Waals surface area contributed by atoms with Crippen molar-refractivity contribution in [3.05, 3.63) is 0 Å². The molecule has 78 valence electrons. The lowest BCUT2D eigenvalue weighted by molar-refractivity contribution is 0.447. The Morgan fingerprint density at radius 1 is 1.46 bits per heavy atom. The van der Waals surface area contributed by atoms with Crippen LogP contribution in [0, 0.1) is 5.41 Å². The zero-order valence-corrected chi connectivity index (χ0v) is 10.0. The Morgan fingerprint density at radius 2 is 2.23 bits per heavy atom. The molecule has 0 aromatic rings. The second kappa shape index (κ2) is 6.15. The lowest BCUT2D eigenvalue weighted by atomic mass is 10.0. The molecule has 0 unspecified atom stereocenters. The van der Waals surface area contributed by atoms with Crippen molar-refractivity contribution in [2.24, 2.45) is 5.41 Å². The van der Waals surface area contributed by atoms with E-state index < -0.39 is 0 Å². The molecule has 1 nitrogen and oxygen atoms in total. The molecule has 0 radical (unpaired) electrons. The van der Waals surface area contributed by atoms with Crippen molar-refractivity contribution < 1.29 is 0 Å². The van der Waals surface area contributed by atoms with Gasteiger partial charge < -0.3 is 5.32 Å². The number of thioether (sulfide) groups is 1. The number of alkyl halides is 1. The van der Waals surface area contributed by atoms with Gasteiger partial charge in [-0.2, -0.15) is 11.8 Å². The molecule has 0 aliphatic heterocycles. The van der Waals surface area contributed by atoms with Crippen molar-refractivity contribution in [3.63, 3.8) is 0 Å². The highest BCUT2D eigenvalue weighted by Crippen LogP contribution is 2.48. The Bertz CT molecular complexity index is 137. The van der Waals surface area contributed by atoms with Gasteiger partial charge in [0.05, 0.1) is 0 Å². The first kappa shape index (κ1) is 11.7. The summed E-state index contributed by atoms with van der Waals surface area (Å²) in [4.78, 5) is 0. The standard InChI is InChI=1S/C10H20ClNS/c1-13-8-2-7-12-9-10(3-4-10)5-6-11/h12H,2-9H2,1H3. The summed E-state index contributed by atoms with van der Waals surface area (Å²) in [6.07, 6.45) is 7.42.